The van der Waals surface area contributed by atoms with E-state index in [0.717, 1.165) is 21.4 Å². The van der Waals surface area contributed by atoms with Gasteiger partial charge in [0.2, 0.25) is 0 Å². The predicted octanol–water partition coefficient (Wildman–Crippen LogP) is 5.49. The van der Waals surface area contributed by atoms with Crippen LogP contribution in [0.25, 0.3) is 0 Å². The standard InChI is InChI=1S/C15H17ClOS/c1-3-11(2)12-4-6-13(7-5-12)17-10-14-8-9-15(16)18-14/h4-9,11H,3,10H2,1-2H3. The Bertz CT molecular complexity index is 489. The second kappa shape index (κ2) is 6.26. The average molecular weight is 281 g/mol. The Morgan fingerprint density at radius 1 is 1.17 bits per heavy atom. The quantitative estimate of drug-likeness (QED) is 0.703. The minimum Gasteiger partial charge on any atom is -0.488 e. The normalized spacial score (nSPS) is 12.4. The predicted molar refractivity (Wildman–Crippen MR) is 78.8 cm³/mol. The molecule has 0 aliphatic heterocycles. The number of halogens is 1. The van der Waals surface area contributed by atoms with E-state index in [1.54, 1.807) is 11.3 Å². The summed E-state index contributed by atoms with van der Waals surface area (Å²) in [5, 5.41) is 0. The lowest BCUT2D eigenvalue weighted by molar-refractivity contribution is 0.309. The molecule has 0 bridgehead atoms. The molecule has 0 N–H and O–H groups in total. The summed E-state index contributed by atoms with van der Waals surface area (Å²) < 4.78 is 6.53. The van der Waals surface area contributed by atoms with Crippen LogP contribution in [0.3, 0.4) is 0 Å². The zero-order valence-corrected chi connectivity index (χ0v) is 12.2. The van der Waals surface area contributed by atoms with E-state index in [9.17, 15) is 0 Å². The minimum absolute atomic E-state index is 0.583. The summed E-state index contributed by atoms with van der Waals surface area (Å²) in [6.45, 7) is 5.03. The van der Waals surface area contributed by atoms with Crippen LogP contribution in [0.2, 0.25) is 4.34 Å². The first-order chi connectivity index (χ1) is 8.69. The minimum atomic E-state index is 0.583. The molecule has 1 aromatic heterocycles. The summed E-state index contributed by atoms with van der Waals surface area (Å²) >= 11 is 7.44. The lowest BCUT2D eigenvalue weighted by Gasteiger charge is -2.10. The van der Waals surface area contributed by atoms with Gasteiger partial charge < -0.3 is 4.74 Å². The highest BCUT2D eigenvalue weighted by Gasteiger charge is 2.03. The van der Waals surface area contributed by atoms with E-state index in [4.69, 9.17) is 16.3 Å². The van der Waals surface area contributed by atoms with Gasteiger partial charge in [-0.15, -0.1) is 11.3 Å². The highest BCUT2D eigenvalue weighted by atomic mass is 35.5. The molecule has 3 heteroatoms. The molecule has 96 valence electrons. The third-order valence-electron chi connectivity index (χ3n) is 3.07. The molecule has 1 unspecified atom stereocenters. The molecule has 1 atom stereocenters. The first-order valence-electron chi connectivity index (χ1n) is 6.16. The van der Waals surface area contributed by atoms with Crippen molar-refractivity contribution in [2.45, 2.75) is 32.8 Å². The van der Waals surface area contributed by atoms with Crippen molar-refractivity contribution in [3.8, 4) is 5.75 Å². The average Bonchev–Trinajstić information content (AvgIpc) is 2.82. The van der Waals surface area contributed by atoms with Crippen LogP contribution in [-0.2, 0) is 6.61 Å². The monoisotopic (exact) mass is 280 g/mol. The van der Waals surface area contributed by atoms with Crippen LogP contribution in [0, 0.1) is 0 Å². The van der Waals surface area contributed by atoms with Gasteiger partial charge in [0.25, 0.3) is 0 Å². The van der Waals surface area contributed by atoms with Crippen LogP contribution < -0.4 is 4.74 Å². The van der Waals surface area contributed by atoms with Gasteiger partial charge in [-0.05, 0) is 42.2 Å². The second-order valence-corrected chi connectivity index (χ2v) is 6.17. The Hall–Kier alpha value is -0.990. The first kappa shape index (κ1) is 13.4. The fourth-order valence-electron chi connectivity index (χ4n) is 1.71. The molecule has 0 aliphatic carbocycles. The molecule has 0 fully saturated rings. The largest absolute Gasteiger partial charge is 0.488 e. The van der Waals surface area contributed by atoms with Gasteiger partial charge in [-0.3, -0.25) is 0 Å². The number of rotatable bonds is 5. The molecular weight excluding hydrogens is 264 g/mol. The lowest BCUT2D eigenvalue weighted by Crippen LogP contribution is -1.94. The van der Waals surface area contributed by atoms with Crippen molar-refractivity contribution >= 4 is 22.9 Å². The molecule has 1 nitrogen and oxygen atoms in total. The van der Waals surface area contributed by atoms with Crippen LogP contribution >= 0.6 is 22.9 Å². The van der Waals surface area contributed by atoms with Crippen LogP contribution in [0.5, 0.6) is 5.75 Å². The number of thiophene rings is 1. The molecule has 0 radical (unpaired) electrons. The van der Waals surface area contributed by atoms with Gasteiger partial charge >= 0.3 is 0 Å². The van der Waals surface area contributed by atoms with Crippen molar-refractivity contribution < 1.29 is 4.74 Å². The number of hydrogen-bond donors (Lipinski definition) is 0. The Kier molecular flexibility index (Phi) is 4.67. The third kappa shape index (κ3) is 3.50. The van der Waals surface area contributed by atoms with E-state index < -0.39 is 0 Å². The van der Waals surface area contributed by atoms with E-state index >= 15 is 0 Å². The molecule has 0 saturated carbocycles. The Morgan fingerprint density at radius 3 is 2.44 bits per heavy atom. The Balaban J connectivity index is 1.94. The lowest BCUT2D eigenvalue weighted by atomic mass is 9.99. The maximum absolute atomic E-state index is 5.88. The molecule has 2 aromatic rings. The highest BCUT2D eigenvalue weighted by Crippen LogP contribution is 2.24. The van der Waals surface area contributed by atoms with E-state index in [1.165, 1.54) is 5.56 Å². The molecule has 2 rings (SSSR count). The number of hydrogen-bond acceptors (Lipinski definition) is 2. The summed E-state index contributed by atoms with van der Waals surface area (Å²) in [4.78, 5) is 1.14. The zero-order chi connectivity index (χ0) is 13.0. The van der Waals surface area contributed by atoms with Crippen molar-refractivity contribution in [3.05, 3.63) is 51.2 Å². The topological polar surface area (TPSA) is 9.23 Å². The molecule has 0 amide bonds. The van der Waals surface area contributed by atoms with E-state index in [1.807, 2.05) is 24.3 Å². The summed E-state index contributed by atoms with van der Waals surface area (Å²) in [5.74, 6) is 1.52. The van der Waals surface area contributed by atoms with E-state index in [2.05, 4.69) is 26.0 Å². The van der Waals surface area contributed by atoms with Gasteiger partial charge in [0.05, 0.1) is 4.34 Å². The molecule has 18 heavy (non-hydrogen) atoms. The van der Waals surface area contributed by atoms with Crippen LogP contribution in [-0.4, -0.2) is 0 Å². The first-order valence-corrected chi connectivity index (χ1v) is 7.35. The fourth-order valence-corrected chi connectivity index (χ4v) is 2.71. The van der Waals surface area contributed by atoms with E-state index in [0.29, 0.717) is 12.5 Å². The third-order valence-corrected chi connectivity index (χ3v) is 4.28. The van der Waals surface area contributed by atoms with Crippen molar-refractivity contribution in [2.75, 3.05) is 0 Å². The number of benzene rings is 1. The molecule has 0 spiro atoms. The summed E-state index contributed by atoms with van der Waals surface area (Å²) in [5.41, 5.74) is 1.36. The number of ether oxygens (including phenoxy) is 1. The van der Waals surface area contributed by atoms with E-state index in [-0.39, 0.29) is 0 Å². The maximum atomic E-state index is 5.88. The van der Waals surface area contributed by atoms with Crippen molar-refractivity contribution in [3.63, 3.8) is 0 Å². The summed E-state index contributed by atoms with van der Waals surface area (Å²) in [7, 11) is 0. The van der Waals surface area contributed by atoms with Crippen molar-refractivity contribution in [2.24, 2.45) is 0 Å². The van der Waals surface area contributed by atoms with Gasteiger partial charge in [-0.1, -0.05) is 37.6 Å². The van der Waals surface area contributed by atoms with Crippen LogP contribution in [0.1, 0.15) is 36.6 Å². The van der Waals surface area contributed by atoms with Crippen molar-refractivity contribution in [1.82, 2.24) is 0 Å². The maximum Gasteiger partial charge on any atom is 0.122 e. The molecule has 0 aliphatic rings. The highest BCUT2D eigenvalue weighted by molar-refractivity contribution is 7.16. The molecule has 1 aromatic carbocycles. The van der Waals surface area contributed by atoms with Gasteiger partial charge in [0, 0.05) is 4.88 Å². The Labute approximate surface area is 117 Å². The molecule has 1 heterocycles. The molecular formula is C15H17ClOS. The van der Waals surface area contributed by atoms with Gasteiger partial charge in [0.1, 0.15) is 12.4 Å². The van der Waals surface area contributed by atoms with Gasteiger partial charge in [-0.25, -0.2) is 0 Å². The second-order valence-electron chi connectivity index (χ2n) is 4.37. The molecule has 0 saturated heterocycles. The summed E-state index contributed by atoms with van der Waals surface area (Å²) in [6.07, 6.45) is 1.16. The summed E-state index contributed by atoms with van der Waals surface area (Å²) in [6, 6.07) is 12.3. The van der Waals surface area contributed by atoms with Crippen LogP contribution in [0.15, 0.2) is 36.4 Å². The van der Waals surface area contributed by atoms with Crippen LogP contribution in [0.4, 0.5) is 0 Å². The fraction of sp³-hybridized carbons (Fsp3) is 0.333. The van der Waals surface area contributed by atoms with Crippen molar-refractivity contribution in [1.29, 1.82) is 0 Å². The smallest absolute Gasteiger partial charge is 0.122 e. The SMILES string of the molecule is CCC(C)c1ccc(OCc2ccc(Cl)s2)cc1. The van der Waals surface area contributed by atoms with Gasteiger partial charge in [0.15, 0.2) is 0 Å². The van der Waals surface area contributed by atoms with Gasteiger partial charge in [-0.2, -0.15) is 0 Å². The zero-order valence-electron chi connectivity index (χ0n) is 10.7. The Morgan fingerprint density at radius 2 is 1.89 bits per heavy atom.